The van der Waals surface area contributed by atoms with Crippen molar-refractivity contribution in [2.75, 3.05) is 11.3 Å². The Hall–Kier alpha value is -1.57. The highest BCUT2D eigenvalue weighted by Gasteiger charge is 2.21. The van der Waals surface area contributed by atoms with Crippen LogP contribution in [-0.2, 0) is 16.4 Å². The summed E-state index contributed by atoms with van der Waals surface area (Å²) < 4.78 is 32.3. The summed E-state index contributed by atoms with van der Waals surface area (Å²) in [6, 6.07) is 4.66. The predicted octanol–water partition coefficient (Wildman–Crippen LogP) is 2.52. The number of halogens is 2. The molecule has 0 saturated carbocycles. The fourth-order valence-corrected chi connectivity index (χ4v) is 3.34. The van der Waals surface area contributed by atoms with Gasteiger partial charge in [0.25, 0.3) is 10.0 Å². The van der Waals surface area contributed by atoms with E-state index in [9.17, 15) is 8.42 Å². The van der Waals surface area contributed by atoms with E-state index < -0.39 is 10.0 Å². The van der Waals surface area contributed by atoms with Crippen molar-refractivity contribution >= 4 is 39.0 Å². The smallest absolute Gasteiger partial charge is 0.263 e. The van der Waals surface area contributed by atoms with Crippen molar-refractivity contribution < 1.29 is 13.2 Å². The van der Waals surface area contributed by atoms with Gasteiger partial charge in [0.2, 0.25) is 0 Å². The number of benzene rings is 1. The van der Waals surface area contributed by atoms with Gasteiger partial charge in [0.15, 0.2) is 11.0 Å². The van der Waals surface area contributed by atoms with Crippen molar-refractivity contribution in [3.8, 4) is 5.75 Å². The minimum atomic E-state index is -3.81. The molecule has 0 unspecified atom stereocenters. The molecule has 21 heavy (non-hydrogen) atoms. The number of nitrogens with one attached hydrogen (secondary N) is 1. The van der Waals surface area contributed by atoms with E-state index in [1.807, 2.05) is 0 Å². The van der Waals surface area contributed by atoms with Crippen LogP contribution in [0.5, 0.6) is 5.75 Å². The first-order valence-corrected chi connectivity index (χ1v) is 8.16. The van der Waals surface area contributed by atoms with Gasteiger partial charge in [-0.05, 0) is 23.8 Å². The van der Waals surface area contributed by atoms with E-state index >= 15 is 0 Å². The van der Waals surface area contributed by atoms with Crippen LogP contribution in [0.2, 0.25) is 10.2 Å². The maximum atomic E-state index is 12.4. The summed E-state index contributed by atoms with van der Waals surface area (Å²) in [6.45, 7) is 0.555. The van der Waals surface area contributed by atoms with Crippen LogP contribution in [0.15, 0.2) is 29.4 Å². The van der Waals surface area contributed by atoms with Crippen LogP contribution in [0, 0.1) is 0 Å². The molecule has 110 valence electrons. The van der Waals surface area contributed by atoms with E-state index in [-0.39, 0.29) is 20.9 Å². The Kier molecular flexibility index (Phi) is 3.64. The van der Waals surface area contributed by atoms with Gasteiger partial charge in [-0.1, -0.05) is 23.2 Å². The Bertz CT molecular complexity index is 811. The third-order valence-electron chi connectivity index (χ3n) is 2.95. The van der Waals surface area contributed by atoms with Gasteiger partial charge in [0.1, 0.15) is 17.1 Å². The number of hydrogen-bond acceptors (Lipinski definition) is 5. The summed E-state index contributed by atoms with van der Waals surface area (Å²) in [6.07, 6.45) is 1.81. The van der Waals surface area contributed by atoms with Crippen molar-refractivity contribution in [3.63, 3.8) is 0 Å². The average Bonchev–Trinajstić information content (AvgIpc) is 2.91. The van der Waals surface area contributed by atoms with Crippen LogP contribution in [-0.4, -0.2) is 25.0 Å². The molecule has 0 saturated heterocycles. The summed E-state index contributed by atoms with van der Waals surface area (Å²) in [5, 5.41) is -0.0704. The number of nitrogens with zero attached hydrogens (tertiary/aromatic N) is 2. The Morgan fingerprint density at radius 1 is 1.24 bits per heavy atom. The molecule has 2 aromatic rings. The molecule has 1 N–H and O–H groups in total. The SMILES string of the molecule is O=S(=O)(Nc1ncnc(Cl)c1Cl)c1ccc2c(c1)CCO2. The molecule has 3 rings (SSSR count). The van der Waals surface area contributed by atoms with Gasteiger partial charge >= 0.3 is 0 Å². The van der Waals surface area contributed by atoms with E-state index in [1.54, 1.807) is 12.1 Å². The number of sulfonamides is 1. The summed E-state index contributed by atoms with van der Waals surface area (Å²) in [5.74, 6) is 0.644. The molecule has 0 radical (unpaired) electrons. The van der Waals surface area contributed by atoms with Gasteiger partial charge in [0, 0.05) is 6.42 Å². The number of rotatable bonds is 3. The number of ether oxygens (including phenoxy) is 1. The molecule has 1 aliphatic heterocycles. The Labute approximate surface area is 131 Å². The van der Waals surface area contributed by atoms with Gasteiger partial charge in [0.05, 0.1) is 11.5 Å². The van der Waals surface area contributed by atoms with E-state index in [0.717, 1.165) is 11.9 Å². The minimum absolute atomic E-state index is 0.0216. The molecule has 6 nitrogen and oxygen atoms in total. The highest BCUT2D eigenvalue weighted by molar-refractivity contribution is 7.92. The van der Waals surface area contributed by atoms with Crippen molar-refractivity contribution in [2.24, 2.45) is 0 Å². The highest BCUT2D eigenvalue weighted by Crippen LogP contribution is 2.30. The van der Waals surface area contributed by atoms with Crippen LogP contribution in [0.1, 0.15) is 5.56 Å². The lowest BCUT2D eigenvalue weighted by molar-refractivity contribution is 0.356. The molecule has 0 aliphatic carbocycles. The van der Waals surface area contributed by atoms with Gasteiger partial charge in [-0.2, -0.15) is 0 Å². The topological polar surface area (TPSA) is 81.2 Å². The molecule has 0 fully saturated rings. The summed E-state index contributed by atoms with van der Waals surface area (Å²) in [5.41, 5.74) is 0.852. The minimum Gasteiger partial charge on any atom is -0.493 e. The molecule has 1 aromatic heterocycles. The molecule has 2 heterocycles. The Morgan fingerprint density at radius 3 is 2.86 bits per heavy atom. The molecular formula is C12H9Cl2N3O3S. The Morgan fingerprint density at radius 2 is 2.05 bits per heavy atom. The van der Waals surface area contributed by atoms with E-state index in [0.29, 0.717) is 18.8 Å². The number of fused-ring (bicyclic) bond motifs is 1. The molecule has 1 aliphatic rings. The summed E-state index contributed by atoms with van der Waals surface area (Å²) >= 11 is 11.6. The highest BCUT2D eigenvalue weighted by atomic mass is 35.5. The van der Waals surface area contributed by atoms with Crippen molar-refractivity contribution in [2.45, 2.75) is 11.3 Å². The van der Waals surface area contributed by atoms with E-state index in [4.69, 9.17) is 27.9 Å². The van der Waals surface area contributed by atoms with Crippen molar-refractivity contribution in [1.29, 1.82) is 0 Å². The van der Waals surface area contributed by atoms with Crippen LogP contribution >= 0.6 is 23.2 Å². The van der Waals surface area contributed by atoms with Gasteiger partial charge in [-0.25, -0.2) is 18.4 Å². The normalized spacial score (nSPS) is 13.6. The lowest BCUT2D eigenvalue weighted by Crippen LogP contribution is -2.14. The fraction of sp³-hybridized carbons (Fsp3) is 0.167. The fourth-order valence-electron chi connectivity index (χ4n) is 1.94. The number of aromatic nitrogens is 2. The number of hydrogen-bond donors (Lipinski definition) is 1. The maximum absolute atomic E-state index is 12.4. The van der Waals surface area contributed by atoms with Gasteiger partial charge < -0.3 is 4.74 Å². The zero-order valence-corrected chi connectivity index (χ0v) is 12.8. The van der Waals surface area contributed by atoms with E-state index in [2.05, 4.69) is 14.7 Å². The summed E-state index contributed by atoms with van der Waals surface area (Å²) in [4.78, 5) is 7.55. The third-order valence-corrected chi connectivity index (χ3v) is 5.03. The average molecular weight is 346 g/mol. The lowest BCUT2D eigenvalue weighted by atomic mass is 10.2. The first-order chi connectivity index (χ1) is 9.97. The zero-order chi connectivity index (χ0) is 15.0. The van der Waals surface area contributed by atoms with Crippen molar-refractivity contribution in [3.05, 3.63) is 40.3 Å². The van der Waals surface area contributed by atoms with Crippen LogP contribution in [0.3, 0.4) is 0 Å². The second kappa shape index (κ2) is 5.32. The third kappa shape index (κ3) is 2.76. The monoisotopic (exact) mass is 345 g/mol. The molecule has 0 amide bonds. The number of anilines is 1. The lowest BCUT2D eigenvalue weighted by Gasteiger charge is -2.09. The zero-order valence-electron chi connectivity index (χ0n) is 10.5. The quantitative estimate of drug-likeness (QED) is 0.864. The van der Waals surface area contributed by atoms with Crippen LogP contribution in [0.4, 0.5) is 5.82 Å². The molecule has 0 bridgehead atoms. The molecule has 0 spiro atoms. The van der Waals surface area contributed by atoms with Gasteiger partial charge in [-0.15, -0.1) is 0 Å². The second-order valence-electron chi connectivity index (χ2n) is 4.30. The van der Waals surface area contributed by atoms with E-state index in [1.165, 1.54) is 6.07 Å². The molecular weight excluding hydrogens is 337 g/mol. The van der Waals surface area contributed by atoms with Crippen LogP contribution < -0.4 is 9.46 Å². The largest absolute Gasteiger partial charge is 0.493 e. The summed E-state index contributed by atoms with van der Waals surface area (Å²) in [7, 11) is -3.81. The predicted molar refractivity (Wildman–Crippen MR) is 78.5 cm³/mol. The second-order valence-corrected chi connectivity index (χ2v) is 6.72. The standard InChI is InChI=1S/C12H9Cl2N3O3S/c13-10-11(14)15-6-16-12(10)17-21(18,19)8-1-2-9-7(5-8)3-4-20-9/h1-2,5-6H,3-4H2,(H,15,16,17). The molecule has 0 atom stereocenters. The van der Waals surface area contributed by atoms with Crippen LogP contribution in [0.25, 0.3) is 0 Å². The van der Waals surface area contributed by atoms with Gasteiger partial charge in [-0.3, -0.25) is 4.72 Å². The molecule has 9 heteroatoms. The molecule has 1 aromatic carbocycles. The van der Waals surface area contributed by atoms with Crippen molar-refractivity contribution in [1.82, 2.24) is 9.97 Å². The first kappa shape index (κ1) is 14.4. The first-order valence-electron chi connectivity index (χ1n) is 5.92. The maximum Gasteiger partial charge on any atom is 0.263 e. The Balaban J connectivity index is 1.96.